The molecule has 11 heteroatoms. The van der Waals surface area contributed by atoms with Crippen molar-refractivity contribution in [3.63, 3.8) is 0 Å². The van der Waals surface area contributed by atoms with Gasteiger partial charge in [0.2, 0.25) is 11.7 Å². The Labute approximate surface area is 303 Å². The van der Waals surface area contributed by atoms with Crippen molar-refractivity contribution in [2.45, 2.75) is 70.9 Å². The minimum Gasteiger partial charge on any atom is -0.488 e. The quantitative estimate of drug-likeness (QED) is 0.0859. The molecule has 0 aromatic heterocycles. The number of amides is 1. The lowest BCUT2D eigenvalue weighted by Crippen LogP contribution is -2.53. The second-order valence-electron chi connectivity index (χ2n) is 13.2. The van der Waals surface area contributed by atoms with Gasteiger partial charge in [-0.3, -0.25) is 19.8 Å². The third-order valence-electron chi connectivity index (χ3n) is 9.98. The van der Waals surface area contributed by atoms with Gasteiger partial charge < -0.3 is 19.1 Å². The number of rotatable bonds is 12. The van der Waals surface area contributed by atoms with Crippen molar-refractivity contribution in [2.75, 3.05) is 20.2 Å². The first kappa shape index (κ1) is 36.1. The van der Waals surface area contributed by atoms with Crippen LogP contribution in [0.3, 0.4) is 0 Å². The molecule has 2 aliphatic rings. The van der Waals surface area contributed by atoms with Gasteiger partial charge in [-0.15, -0.1) is 0 Å². The lowest BCUT2D eigenvalue weighted by atomic mass is 9.97. The number of likely N-dealkylation sites (tertiary alicyclic amines) is 2. The van der Waals surface area contributed by atoms with E-state index in [0.29, 0.717) is 49.2 Å². The Morgan fingerprint density at radius 2 is 1.63 bits per heavy atom. The molecule has 2 heterocycles. The number of nitro benzene ring substituents is 1. The van der Waals surface area contributed by atoms with Gasteiger partial charge in [-0.2, -0.15) is 5.26 Å². The fraction of sp³-hybridized carbons (Fsp3) is 0.341. The standard InChI is InChI=1S/C41H42N4O7/c1-28-32(15-9-16-34(28)31-13-4-3-5-14-31)27-52-39-23-38(51-26-30-12-8-11-29(21-30)24-42)33(22-37(39)45(48)49)25-43-19-7-6-17-35(43)40(46)44-20-10-18-36(44)41(47)50-2/h3-5,8-9,11-16,21-23,35-36H,6-7,10,17-20,25-27H2,1-2H3/t35-,36-/m0/s1. The monoisotopic (exact) mass is 702 g/mol. The molecule has 0 spiro atoms. The maximum absolute atomic E-state index is 14.0. The maximum Gasteiger partial charge on any atom is 0.328 e. The van der Waals surface area contributed by atoms with Crippen LogP contribution in [0, 0.1) is 28.4 Å². The molecule has 52 heavy (non-hydrogen) atoms. The van der Waals surface area contributed by atoms with Crippen LogP contribution in [-0.2, 0) is 34.1 Å². The van der Waals surface area contributed by atoms with Gasteiger partial charge >= 0.3 is 11.7 Å². The highest BCUT2D eigenvalue weighted by Crippen LogP contribution is 2.38. The van der Waals surface area contributed by atoms with Gasteiger partial charge in [0, 0.05) is 30.8 Å². The van der Waals surface area contributed by atoms with Gasteiger partial charge in [0.25, 0.3) is 0 Å². The average Bonchev–Trinajstić information content (AvgIpc) is 3.67. The Kier molecular flexibility index (Phi) is 11.5. The Balaban J connectivity index is 1.31. The van der Waals surface area contributed by atoms with Crippen LogP contribution in [0.2, 0.25) is 0 Å². The molecule has 2 fully saturated rings. The Morgan fingerprint density at radius 3 is 2.40 bits per heavy atom. The van der Waals surface area contributed by atoms with Crippen LogP contribution in [0.1, 0.15) is 59.9 Å². The molecular weight excluding hydrogens is 660 g/mol. The van der Waals surface area contributed by atoms with Gasteiger partial charge in [-0.05, 0) is 79.1 Å². The van der Waals surface area contributed by atoms with E-state index in [1.54, 1.807) is 29.2 Å². The van der Waals surface area contributed by atoms with E-state index in [4.69, 9.17) is 14.2 Å². The fourth-order valence-corrected chi connectivity index (χ4v) is 7.21. The minimum atomic E-state index is -0.612. The van der Waals surface area contributed by atoms with Crippen molar-refractivity contribution < 1.29 is 28.7 Å². The van der Waals surface area contributed by atoms with Crippen LogP contribution in [0.25, 0.3) is 11.1 Å². The number of ether oxygens (including phenoxy) is 3. The normalized spacial score (nSPS) is 17.3. The third-order valence-corrected chi connectivity index (χ3v) is 9.98. The number of hydrogen-bond donors (Lipinski definition) is 0. The van der Waals surface area contributed by atoms with Crippen molar-refractivity contribution in [1.29, 1.82) is 5.26 Å². The number of hydrogen-bond acceptors (Lipinski definition) is 9. The van der Waals surface area contributed by atoms with Gasteiger partial charge in [0.05, 0.1) is 29.7 Å². The molecule has 11 nitrogen and oxygen atoms in total. The topological polar surface area (TPSA) is 135 Å². The van der Waals surface area contributed by atoms with E-state index in [-0.39, 0.29) is 37.1 Å². The number of nitriles is 1. The summed E-state index contributed by atoms with van der Waals surface area (Å²) in [4.78, 5) is 42.2. The van der Waals surface area contributed by atoms with E-state index in [9.17, 15) is 25.0 Å². The molecule has 2 saturated heterocycles. The molecule has 0 saturated carbocycles. The van der Waals surface area contributed by atoms with Crippen molar-refractivity contribution >= 4 is 17.6 Å². The smallest absolute Gasteiger partial charge is 0.328 e. The summed E-state index contributed by atoms with van der Waals surface area (Å²) in [6, 6.07) is 27.1. The SMILES string of the molecule is COC(=O)[C@@H]1CCCN1C(=O)[C@@H]1CCCCN1Cc1cc([N+](=O)[O-])c(OCc2cccc(-c3ccccc3)c2C)cc1OCc1cccc(C#N)c1. The first-order chi connectivity index (χ1) is 25.3. The molecule has 268 valence electrons. The highest BCUT2D eigenvalue weighted by atomic mass is 16.6. The van der Waals surface area contributed by atoms with E-state index in [1.165, 1.54) is 13.2 Å². The largest absolute Gasteiger partial charge is 0.488 e. The molecule has 6 rings (SSSR count). The highest BCUT2D eigenvalue weighted by Gasteiger charge is 2.40. The second-order valence-corrected chi connectivity index (χ2v) is 13.2. The van der Waals surface area contributed by atoms with Gasteiger partial charge in [-0.25, -0.2) is 4.79 Å². The van der Waals surface area contributed by atoms with Crippen molar-refractivity contribution in [3.8, 4) is 28.7 Å². The fourth-order valence-electron chi connectivity index (χ4n) is 7.21. The summed E-state index contributed by atoms with van der Waals surface area (Å²) in [5.74, 6) is -0.116. The van der Waals surface area contributed by atoms with Crippen molar-refractivity contribution in [2.24, 2.45) is 0 Å². The first-order valence-corrected chi connectivity index (χ1v) is 17.6. The van der Waals surface area contributed by atoms with E-state index in [1.807, 2.05) is 66.4 Å². The van der Waals surface area contributed by atoms with Crippen LogP contribution in [0.5, 0.6) is 11.5 Å². The van der Waals surface area contributed by atoms with Crippen LogP contribution >= 0.6 is 0 Å². The molecule has 4 aromatic rings. The molecule has 2 aliphatic heterocycles. The number of piperidine rings is 1. The molecule has 0 N–H and O–H groups in total. The zero-order valence-corrected chi connectivity index (χ0v) is 29.5. The molecule has 0 radical (unpaired) electrons. The van der Waals surface area contributed by atoms with Crippen LogP contribution < -0.4 is 9.47 Å². The number of benzene rings is 4. The van der Waals surface area contributed by atoms with Gasteiger partial charge in [0.1, 0.15) is 25.0 Å². The van der Waals surface area contributed by atoms with Crippen molar-refractivity contribution in [3.05, 3.63) is 123 Å². The van der Waals surface area contributed by atoms with Gasteiger partial charge in [0.15, 0.2) is 0 Å². The molecule has 4 aromatic carbocycles. The predicted octanol–water partition coefficient (Wildman–Crippen LogP) is 7.12. The average molecular weight is 703 g/mol. The zero-order valence-electron chi connectivity index (χ0n) is 29.5. The predicted molar refractivity (Wildman–Crippen MR) is 194 cm³/mol. The highest BCUT2D eigenvalue weighted by molar-refractivity contribution is 5.88. The summed E-state index contributed by atoms with van der Waals surface area (Å²) in [5, 5.41) is 22.0. The minimum absolute atomic E-state index is 0.0586. The van der Waals surface area contributed by atoms with E-state index in [2.05, 4.69) is 6.07 Å². The number of carbonyl (C=O) groups is 2. The maximum atomic E-state index is 14.0. The number of esters is 1. The van der Waals surface area contributed by atoms with E-state index < -0.39 is 23.0 Å². The molecule has 2 atom stereocenters. The summed E-state index contributed by atoms with van der Waals surface area (Å²) < 4.78 is 17.6. The molecule has 1 amide bonds. The Morgan fingerprint density at radius 1 is 0.865 bits per heavy atom. The molecule has 0 bridgehead atoms. The van der Waals surface area contributed by atoms with E-state index >= 15 is 0 Å². The van der Waals surface area contributed by atoms with Crippen molar-refractivity contribution in [1.82, 2.24) is 9.80 Å². The summed E-state index contributed by atoms with van der Waals surface area (Å²) in [7, 11) is 1.33. The molecule has 0 unspecified atom stereocenters. The first-order valence-electron chi connectivity index (χ1n) is 17.6. The van der Waals surface area contributed by atoms with Gasteiger partial charge in [-0.1, -0.05) is 67.1 Å². The second kappa shape index (κ2) is 16.5. The Bertz CT molecular complexity index is 1980. The number of nitro groups is 1. The van der Waals surface area contributed by atoms with Crippen LogP contribution in [-0.4, -0.2) is 58.9 Å². The molecule has 0 aliphatic carbocycles. The molecular formula is C41H42N4O7. The summed E-state index contributed by atoms with van der Waals surface area (Å²) in [6.45, 7) is 3.49. The number of methoxy groups -OCH3 is 1. The van der Waals surface area contributed by atoms with Crippen LogP contribution in [0.4, 0.5) is 5.69 Å². The zero-order chi connectivity index (χ0) is 36.6. The summed E-state index contributed by atoms with van der Waals surface area (Å²) in [5.41, 5.74) is 5.57. The van der Waals surface area contributed by atoms with E-state index in [0.717, 1.165) is 40.7 Å². The lowest BCUT2D eigenvalue weighted by Gasteiger charge is -2.38. The third kappa shape index (κ3) is 8.08. The number of nitrogens with zero attached hydrogens (tertiary/aromatic N) is 4. The Hall–Kier alpha value is -5.73. The number of carbonyl (C=O) groups excluding carboxylic acids is 2. The summed E-state index contributed by atoms with van der Waals surface area (Å²) in [6.07, 6.45) is 3.57. The van der Waals surface area contributed by atoms with Crippen LogP contribution in [0.15, 0.2) is 84.9 Å². The lowest BCUT2D eigenvalue weighted by molar-refractivity contribution is -0.386. The summed E-state index contributed by atoms with van der Waals surface area (Å²) >= 11 is 0.